The van der Waals surface area contributed by atoms with Crippen molar-refractivity contribution in [1.29, 1.82) is 0 Å². The maximum absolute atomic E-state index is 7.23. The van der Waals surface area contributed by atoms with Gasteiger partial charge in [-0.3, -0.25) is 0 Å². The lowest BCUT2D eigenvalue weighted by Crippen LogP contribution is -2.63. The molecule has 16 rings (SSSR count). The number of ether oxygens (including phenoxy) is 2. The van der Waals surface area contributed by atoms with E-state index in [1.54, 1.807) is 0 Å². The van der Waals surface area contributed by atoms with Gasteiger partial charge in [0.05, 0.1) is 0 Å². The first kappa shape index (κ1) is 36.4. The van der Waals surface area contributed by atoms with Gasteiger partial charge in [0, 0.05) is 68.2 Å². The minimum Gasteiger partial charge on any atom is -0.458 e. The molecule has 10 aromatic rings. The lowest BCUT2D eigenvalue weighted by molar-refractivity contribution is 0.486. The summed E-state index contributed by atoms with van der Waals surface area (Å²) in [6, 6.07) is 79.0. The molecule has 6 aliphatic heterocycles. The Kier molecular flexibility index (Phi) is 7.15. The third kappa shape index (κ3) is 4.73. The van der Waals surface area contributed by atoms with Crippen LogP contribution in [0.1, 0.15) is 0 Å². The number of hydrogen-bond acceptors (Lipinski definition) is 6. The van der Waals surface area contributed by atoms with Crippen LogP contribution in [0.2, 0.25) is 0 Å². The van der Waals surface area contributed by atoms with Crippen LogP contribution >= 0.6 is 0 Å². The molecule has 68 heavy (non-hydrogen) atoms. The van der Waals surface area contributed by atoms with E-state index in [-0.39, 0.29) is 13.4 Å². The second kappa shape index (κ2) is 13.4. The third-order valence-corrected chi connectivity index (χ3v) is 14.9. The lowest BCUT2D eigenvalue weighted by Gasteiger charge is -2.47. The lowest BCUT2D eigenvalue weighted by atomic mass is 9.32. The molecular formula is C60H36B2N4O2. The van der Waals surface area contributed by atoms with Crippen LogP contribution < -0.4 is 61.9 Å². The maximum Gasteiger partial charge on any atom is 0.261 e. The van der Waals surface area contributed by atoms with E-state index in [9.17, 15) is 0 Å². The topological polar surface area (TPSA) is 31.4 Å². The van der Waals surface area contributed by atoms with Crippen LogP contribution in [0.4, 0.5) is 68.2 Å². The third-order valence-electron chi connectivity index (χ3n) is 14.9. The van der Waals surface area contributed by atoms with Crippen molar-refractivity contribution >= 4 is 114 Å². The number of benzene rings is 10. The largest absolute Gasteiger partial charge is 0.458 e. The van der Waals surface area contributed by atoms with Crippen molar-refractivity contribution in [3.8, 4) is 34.1 Å². The molecule has 0 bridgehead atoms. The van der Waals surface area contributed by atoms with Crippen molar-refractivity contribution in [3.63, 3.8) is 0 Å². The summed E-state index contributed by atoms with van der Waals surface area (Å²) in [4.78, 5) is 9.73. The summed E-state index contributed by atoms with van der Waals surface area (Å²) in [7, 11) is 0. The van der Waals surface area contributed by atoms with Gasteiger partial charge in [0.25, 0.3) is 13.4 Å². The number of hydrogen-bond donors (Lipinski definition) is 0. The molecule has 6 aliphatic rings. The molecule has 0 spiro atoms. The van der Waals surface area contributed by atoms with Crippen molar-refractivity contribution < 1.29 is 9.47 Å². The second-order valence-corrected chi connectivity index (χ2v) is 18.4. The van der Waals surface area contributed by atoms with Gasteiger partial charge in [0.1, 0.15) is 23.0 Å². The van der Waals surface area contributed by atoms with E-state index in [1.165, 1.54) is 55.5 Å². The smallest absolute Gasteiger partial charge is 0.261 e. The number of anilines is 12. The van der Waals surface area contributed by atoms with Crippen molar-refractivity contribution in [2.45, 2.75) is 0 Å². The number of para-hydroxylation sites is 4. The zero-order chi connectivity index (χ0) is 44.2. The Labute approximate surface area is 394 Å². The second-order valence-electron chi connectivity index (χ2n) is 18.4. The standard InChI is InChI=1S/C60H36B2N4O2/c1-5-17-39(18-6-1)63-43-25-13-27-45-55(43)61-57-47(63)29-15-31-51(57)67-53-35-37(33-49(59(53)61)65(45)41-21-9-3-10-22-41)38-34-50-60-54(36-38)68-52-32-16-30-48-58(52)62(60)56-44(64(48)40-19-7-2-8-20-40)26-14-28-46(56)66(50)42-23-11-4-12-24-42/h1-36H. The number of rotatable bonds is 5. The minimum atomic E-state index is -0.0279. The van der Waals surface area contributed by atoms with E-state index in [2.05, 4.69) is 238 Å². The molecule has 0 N–H and O–H groups in total. The Bertz CT molecular complexity index is 3550. The summed E-state index contributed by atoms with van der Waals surface area (Å²) in [5.41, 5.74) is 23.0. The van der Waals surface area contributed by atoms with Gasteiger partial charge in [-0.1, -0.05) is 97.1 Å². The van der Waals surface area contributed by atoms with Crippen molar-refractivity contribution in [3.05, 3.63) is 218 Å². The Morgan fingerprint density at radius 2 is 0.515 bits per heavy atom. The predicted octanol–water partition coefficient (Wildman–Crippen LogP) is 11.7. The van der Waals surface area contributed by atoms with E-state index in [0.717, 1.165) is 79.6 Å². The molecule has 8 heteroatoms. The van der Waals surface area contributed by atoms with Gasteiger partial charge in [-0.15, -0.1) is 0 Å². The highest BCUT2D eigenvalue weighted by Crippen LogP contribution is 2.52. The van der Waals surface area contributed by atoms with E-state index in [1.807, 2.05) is 0 Å². The highest BCUT2D eigenvalue weighted by atomic mass is 16.5. The van der Waals surface area contributed by atoms with Gasteiger partial charge in [-0.25, -0.2) is 0 Å². The van der Waals surface area contributed by atoms with Crippen LogP contribution in [-0.4, -0.2) is 13.4 Å². The zero-order valence-corrected chi connectivity index (χ0v) is 36.5. The molecule has 0 atom stereocenters. The Balaban J connectivity index is 0.947. The molecule has 314 valence electrons. The van der Waals surface area contributed by atoms with E-state index >= 15 is 0 Å². The average molecular weight is 867 g/mol. The highest BCUT2D eigenvalue weighted by molar-refractivity contribution is 7.02. The molecule has 0 amide bonds. The van der Waals surface area contributed by atoms with Gasteiger partial charge < -0.3 is 29.1 Å². The summed E-state index contributed by atoms with van der Waals surface area (Å²) in [6.45, 7) is -0.0558. The molecule has 6 heterocycles. The molecule has 0 radical (unpaired) electrons. The van der Waals surface area contributed by atoms with Crippen LogP contribution in [-0.2, 0) is 0 Å². The van der Waals surface area contributed by atoms with Gasteiger partial charge in [-0.2, -0.15) is 0 Å². The fourth-order valence-corrected chi connectivity index (χ4v) is 12.4. The fraction of sp³-hybridized carbons (Fsp3) is 0. The van der Waals surface area contributed by atoms with Crippen molar-refractivity contribution in [2.75, 3.05) is 19.6 Å². The van der Waals surface area contributed by atoms with Crippen LogP contribution in [0, 0.1) is 0 Å². The van der Waals surface area contributed by atoms with Gasteiger partial charge in [-0.05, 0) is 165 Å². The Morgan fingerprint density at radius 3 is 0.853 bits per heavy atom. The molecule has 0 aromatic heterocycles. The van der Waals surface area contributed by atoms with E-state index in [4.69, 9.17) is 9.47 Å². The fourth-order valence-electron chi connectivity index (χ4n) is 12.4. The first-order valence-corrected chi connectivity index (χ1v) is 23.4. The first-order chi connectivity index (χ1) is 33.8. The molecule has 10 aromatic carbocycles. The highest BCUT2D eigenvalue weighted by Gasteiger charge is 2.50. The predicted molar refractivity (Wildman–Crippen MR) is 280 cm³/mol. The Hall–Kier alpha value is -8.87. The molecule has 6 nitrogen and oxygen atoms in total. The molecule has 0 saturated carbocycles. The van der Waals surface area contributed by atoms with Gasteiger partial charge in [0.2, 0.25) is 0 Å². The molecule has 0 fully saturated rings. The average Bonchev–Trinajstić information content (AvgIpc) is 3.39. The number of nitrogens with zero attached hydrogens (tertiary/aromatic N) is 4. The Morgan fingerprint density at radius 1 is 0.235 bits per heavy atom. The maximum atomic E-state index is 7.23. The van der Waals surface area contributed by atoms with Crippen LogP contribution in [0.15, 0.2) is 218 Å². The van der Waals surface area contributed by atoms with Crippen LogP contribution in [0.25, 0.3) is 11.1 Å². The summed E-state index contributed by atoms with van der Waals surface area (Å²) in [5.74, 6) is 3.51. The molecular weight excluding hydrogens is 830 g/mol. The summed E-state index contributed by atoms with van der Waals surface area (Å²) in [6.07, 6.45) is 0. The van der Waals surface area contributed by atoms with Gasteiger partial charge in [0.15, 0.2) is 0 Å². The summed E-state index contributed by atoms with van der Waals surface area (Å²) in [5, 5.41) is 0. The van der Waals surface area contributed by atoms with Crippen molar-refractivity contribution in [1.82, 2.24) is 0 Å². The minimum absolute atomic E-state index is 0.0279. The molecule has 0 saturated heterocycles. The SMILES string of the molecule is c1ccc(N2c3cccc4c3B3c5c(cc(-c6cc7c8c(c6)N(c6ccccc6)c6cccc9c6B8c6c(cccc6N9c6ccccc6)O7)cc5N(c5ccccc5)c5cccc2c53)O4)cc1. The molecule has 0 unspecified atom stereocenters. The van der Waals surface area contributed by atoms with Gasteiger partial charge >= 0.3 is 0 Å². The zero-order valence-electron chi connectivity index (χ0n) is 36.5. The summed E-state index contributed by atoms with van der Waals surface area (Å²) >= 11 is 0. The quantitative estimate of drug-likeness (QED) is 0.160. The molecule has 0 aliphatic carbocycles. The monoisotopic (exact) mass is 866 g/mol. The van der Waals surface area contributed by atoms with Crippen molar-refractivity contribution in [2.24, 2.45) is 0 Å². The van der Waals surface area contributed by atoms with Crippen LogP contribution in [0.5, 0.6) is 23.0 Å². The first-order valence-electron chi connectivity index (χ1n) is 23.4. The van der Waals surface area contributed by atoms with E-state index in [0.29, 0.717) is 0 Å². The summed E-state index contributed by atoms with van der Waals surface area (Å²) < 4.78 is 14.5. The van der Waals surface area contributed by atoms with E-state index < -0.39 is 0 Å². The van der Waals surface area contributed by atoms with Crippen LogP contribution in [0.3, 0.4) is 0 Å². The normalized spacial score (nSPS) is 14.2.